The molecule has 0 saturated carbocycles. The Balaban J connectivity index is 2.28. The van der Waals surface area contributed by atoms with Gasteiger partial charge in [0, 0.05) is 24.3 Å². The van der Waals surface area contributed by atoms with Crippen molar-refractivity contribution >= 4 is 11.3 Å². The van der Waals surface area contributed by atoms with Gasteiger partial charge in [0.2, 0.25) is 0 Å². The quantitative estimate of drug-likeness (QED) is 0.579. The van der Waals surface area contributed by atoms with E-state index in [1.807, 2.05) is 0 Å². The van der Waals surface area contributed by atoms with E-state index in [0.717, 1.165) is 6.54 Å². The molecular weight excluding hydrogens is 158 g/mol. The lowest BCUT2D eigenvalue weighted by molar-refractivity contribution is 0.737. The first-order valence-electron chi connectivity index (χ1n) is 4.91. The summed E-state index contributed by atoms with van der Waals surface area (Å²) in [7, 11) is 0. The van der Waals surface area contributed by atoms with E-state index in [0.29, 0.717) is 0 Å². The molecule has 1 aromatic carbocycles. The molecular formula is C12H13N. The van der Waals surface area contributed by atoms with Crippen LogP contribution in [0.1, 0.15) is 17.5 Å². The highest BCUT2D eigenvalue weighted by Gasteiger charge is 2.26. The lowest BCUT2D eigenvalue weighted by atomic mass is 9.99. The first-order chi connectivity index (χ1) is 6.36. The van der Waals surface area contributed by atoms with Gasteiger partial charge in [-0.1, -0.05) is 24.8 Å². The van der Waals surface area contributed by atoms with Crippen LogP contribution in [0.2, 0.25) is 0 Å². The van der Waals surface area contributed by atoms with Gasteiger partial charge in [0.1, 0.15) is 0 Å². The van der Waals surface area contributed by atoms with Gasteiger partial charge in [0.25, 0.3) is 0 Å². The fourth-order valence-electron chi connectivity index (χ4n) is 2.50. The third-order valence-electron chi connectivity index (χ3n) is 3.07. The third kappa shape index (κ3) is 0.873. The molecule has 13 heavy (non-hydrogen) atoms. The monoisotopic (exact) mass is 171 g/mol. The summed E-state index contributed by atoms with van der Waals surface area (Å²) >= 11 is 0. The summed E-state index contributed by atoms with van der Waals surface area (Å²) in [6.45, 7) is 6.38. The van der Waals surface area contributed by atoms with E-state index in [9.17, 15) is 0 Å². The van der Waals surface area contributed by atoms with Crippen LogP contribution in [0, 0.1) is 0 Å². The van der Waals surface area contributed by atoms with Gasteiger partial charge < -0.3 is 4.90 Å². The zero-order valence-electron chi connectivity index (χ0n) is 7.71. The maximum absolute atomic E-state index is 4.12. The van der Waals surface area contributed by atoms with Crippen LogP contribution in [0.3, 0.4) is 0 Å². The molecule has 1 aromatic rings. The molecule has 0 atom stereocenters. The second-order valence-electron chi connectivity index (χ2n) is 3.94. The first kappa shape index (κ1) is 7.19. The summed E-state index contributed by atoms with van der Waals surface area (Å²) in [5.41, 5.74) is 5.66. The Morgan fingerprint density at radius 2 is 2.23 bits per heavy atom. The molecule has 0 spiro atoms. The molecule has 2 heterocycles. The van der Waals surface area contributed by atoms with Crippen LogP contribution in [0.4, 0.5) is 5.69 Å². The van der Waals surface area contributed by atoms with E-state index in [2.05, 4.69) is 29.7 Å². The largest absolute Gasteiger partial charge is 0.366 e. The highest BCUT2D eigenvalue weighted by atomic mass is 15.2. The zero-order chi connectivity index (χ0) is 8.84. The van der Waals surface area contributed by atoms with E-state index in [1.54, 1.807) is 0 Å². The second kappa shape index (κ2) is 2.38. The molecule has 0 aliphatic carbocycles. The zero-order valence-corrected chi connectivity index (χ0v) is 7.71. The van der Waals surface area contributed by atoms with Crippen molar-refractivity contribution in [2.24, 2.45) is 0 Å². The number of nitrogens with zero attached hydrogens (tertiary/aromatic N) is 1. The summed E-state index contributed by atoms with van der Waals surface area (Å²) in [5, 5.41) is 0. The van der Waals surface area contributed by atoms with Crippen LogP contribution in [0.15, 0.2) is 24.8 Å². The van der Waals surface area contributed by atoms with Gasteiger partial charge in [-0.25, -0.2) is 0 Å². The van der Waals surface area contributed by atoms with Crippen molar-refractivity contribution in [3.8, 4) is 0 Å². The van der Waals surface area contributed by atoms with Gasteiger partial charge in [-0.15, -0.1) is 0 Å². The fraction of sp³-hybridized carbons (Fsp3) is 0.333. The molecule has 66 valence electrons. The van der Waals surface area contributed by atoms with Crippen LogP contribution < -0.4 is 4.90 Å². The van der Waals surface area contributed by atoms with E-state index in [4.69, 9.17) is 0 Å². The summed E-state index contributed by atoms with van der Waals surface area (Å²) < 4.78 is 0. The molecule has 0 amide bonds. The van der Waals surface area contributed by atoms with Crippen molar-refractivity contribution in [2.75, 3.05) is 18.0 Å². The van der Waals surface area contributed by atoms with Crippen LogP contribution in [0.5, 0.6) is 0 Å². The van der Waals surface area contributed by atoms with Crippen molar-refractivity contribution in [1.82, 2.24) is 0 Å². The molecule has 1 heteroatoms. The van der Waals surface area contributed by atoms with E-state index >= 15 is 0 Å². The number of para-hydroxylation sites is 1. The standard InChI is InChI=1S/C12H13N/c1-9-8-13-7-3-5-10-4-2-6-11(9)12(10)13/h2,4,6H,1,3,5,7-8H2. The van der Waals surface area contributed by atoms with E-state index in [-0.39, 0.29) is 0 Å². The molecule has 0 bridgehead atoms. The first-order valence-corrected chi connectivity index (χ1v) is 4.91. The van der Waals surface area contributed by atoms with Gasteiger partial charge >= 0.3 is 0 Å². The summed E-state index contributed by atoms with van der Waals surface area (Å²) in [5.74, 6) is 0. The summed E-state index contributed by atoms with van der Waals surface area (Å²) in [6.07, 6.45) is 2.54. The van der Waals surface area contributed by atoms with E-state index < -0.39 is 0 Å². The molecule has 0 fully saturated rings. The van der Waals surface area contributed by atoms with Gasteiger partial charge in [0.15, 0.2) is 0 Å². The molecule has 0 radical (unpaired) electrons. The van der Waals surface area contributed by atoms with Crippen molar-refractivity contribution in [1.29, 1.82) is 0 Å². The van der Waals surface area contributed by atoms with Gasteiger partial charge in [-0.05, 0) is 24.0 Å². The minimum absolute atomic E-state index is 1.05. The second-order valence-corrected chi connectivity index (χ2v) is 3.94. The minimum atomic E-state index is 1.05. The maximum Gasteiger partial charge on any atom is 0.0478 e. The predicted octanol–water partition coefficient (Wildman–Crippen LogP) is 2.47. The molecule has 0 aromatic heterocycles. The van der Waals surface area contributed by atoms with Crippen molar-refractivity contribution in [3.63, 3.8) is 0 Å². The van der Waals surface area contributed by atoms with Crippen LogP contribution in [0.25, 0.3) is 5.57 Å². The number of hydrogen-bond acceptors (Lipinski definition) is 1. The number of aryl methyl sites for hydroxylation is 1. The maximum atomic E-state index is 4.12. The third-order valence-corrected chi connectivity index (χ3v) is 3.07. The normalized spacial score (nSPS) is 19.1. The number of rotatable bonds is 0. The smallest absolute Gasteiger partial charge is 0.0478 e. The Hall–Kier alpha value is -1.24. The van der Waals surface area contributed by atoms with Crippen LogP contribution in [-0.4, -0.2) is 13.1 Å². The molecule has 3 rings (SSSR count). The fourth-order valence-corrected chi connectivity index (χ4v) is 2.50. The Labute approximate surface area is 78.7 Å². The molecule has 2 aliphatic heterocycles. The Bertz CT molecular complexity index is 379. The van der Waals surface area contributed by atoms with Crippen molar-refractivity contribution in [2.45, 2.75) is 12.8 Å². The lowest BCUT2D eigenvalue weighted by Crippen LogP contribution is -2.26. The summed E-state index contributed by atoms with van der Waals surface area (Å²) in [4.78, 5) is 2.47. The minimum Gasteiger partial charge on any atom is -0.366 e. The van der Waals surface area contributed by atoms with Crippen LogP contribution >= 0.6 is 0 Å². The average molecular weight is 171 g/mol. The Morgan fingerprint density at radius 1 is 1.31 bits per heavy atom. The van der Waals surface area contributed by atoms with Gasteiger partial charge in [0.05, 0.1) is 0 Å². The SMILES string of the molecule is C=C1CN2CCCc3cccc1c32. The molecule has 0 N–H and O–H groups in total. The van der Waals surface area contributed by atoms with Crippen LogP contribution in [-0.2, 0) is 6.42 Å². The highest BCUT2D eigenvalue weighted by Crippen LogP contribution is 2.40. The number of anilines is 1. The Kier molecular flexibility index (Phi) is 1.32. The van der Waals surface area contributed by atoms with Gasteiger partial charge in [-0.3, -0.25) is 0 Å². The highest BCUT2D eigenvalue weighted by molar-refractivity contribution is 5.86. The summed E-state index contributed by atoms with van der Waals surface area (Å²) in [6, 6.07) is 6.62. The number of hydrogen-bond donors (Lipinski definition) is 0. The topological polar surface area (TPSA) is 3.24 Å². The van der Waals surface area contributed by atoms with Gasteiger partial charge in [-0.2, -0.15) is 0 Å². The van der Waals surface area contributed by atoms with Crippen molar-refractivity contribution in [3.05, 3.63) is 35.9 Å². The Morgan fingerprint density at radius 3 is 3.15 bits per heavy atom. The average Bonchev–Trinajstić information content (AvgIpc) is 2.47. The number of benzene rings is 1. The molecule has 1 nitrogen and oxygen atoms in total. The molecule has 0 saturated heterocycles. The predicted molar refractivity (Wildman–Crippen MR) is 56.0 cm³/mol. The lowest BCUT2D eigenvalue weighted by Gasteiger charge is -2.26. The van der Waals surface area contributed by atoms with E-state index in [1.165, 1.54) is 41.8 Å². The van der Waals surface area contributed by atoms with Crippen molar-refractivity contribution < 1.29 is 0 Å². The molecule has 0 unspecified atom stereocenters. The molecule has 2 aliphatic rings.